The average Bonchev–Trinajstić information content (AvgIpc) is 2.26. The summed E-state index contributed by atoms with van der Waals surface area (Å²) in [6.45, 7) is 2.21. The first-order valence-corrected chi connectivity index (χ1v) is 6.04. The summed E-state index contributed by atoms with van der Waals surface area (Å²) in [6.07, 6.45) is 6.47. The van der Waals surface area contributed by atoms with Crippen molar-refractivity contribution in [1.29, 1.82) is 0 Å². The largest absolute Gasteiger partial charge is 0.273 e. The molecule has 0 bridgehead atoms. The predicted molar refractivity (Wildman–Crippen MR) is 66.1 cm³/mol. The van der Waals surface area contributed by atoms with Gasteiger partial charge in [-0.25, -0.2) is 0 Å². The maximum absolute atomic E-state index is 10.6. The van der Waals surface area contributed by atoms with E-state index in [1.165, 1.54) is 31.2 Å². The van der Waals surface area contributed by atoms with Crippen molar-refractivity contribution in [2.24, 2.45) is 0 Å². The van der Waals surface area contributed by atoms with Crippen molar-refractivity contribution < 1.29 is 4.79 Å². The minimum atomic E-state index is -0.518. The number of amides is 1. The van der Waals surface area contributed by atoms with E-state index in [4.69, 9.17) is 5.73 Å². The fourth-order valence-corrected chi connectivity index (χ4v) is 1.77. The van der Waals surface area contributed by atoms with Crippen molar-refractivity contribution in [2.75, 3.05) is 0 Å². The van der Waals surface area contributed by atoms with Gasteiger partial charge in [0.25, 0.3) is 0 Å². The predicted octanol–water partition coefficient (Wildman–Crippen LogP) is 3.16. The molecular weight excluding hydrogens is 198 g/mol. The SMILES string of the molecule is CCCCCCc1ccc(CC([NH])=O)cc1. The van der Waals surface area contributed by atoms with Gasteiger partial charge < -0.3 is 0 Å². The molecule has 0 saturated heterocycles. The van der Waals surface area contributed by atoms with E-state index < -0.39 is 5.91 Å². The summed E-state index contributed by atoms with van der Waals surface area (Å²) in [7, 11) is 0. The topological polar surface area (TPSA) is 40.9 Å². The Morgan fingerprint density at radius 3 is 2.25 bits per heavy atom. The van der Waals surface area contributed by atoms with Crippen LogP contribution in [-0.2, 0) is 17.6 Å². The third-order valence-corrected chi connectivity index (χ3v) is 2.71. The molecular formula is C14H20NO. The van der Waals surface area contributed by atoms with Gasteiger partial charge in [0, 0.05) is 0 Å². The molecule has 0 heterocycles. The minimum Gasteiger partial charge on any atom is -0.273 e. The molecule has 0 aromatic heterocycles. The lowest BCUT2D eigenvalue weighted by Crippen LogP contribution is -2.02. The number of aryl methyl sites for hydroxylation is 1. The number of carbonyl (C=O) groups is 1. The Hall–Kier alpha value is -1.31. The molecule has 0 unspecified atom stereocenters. The minimum absolute atomic E-state index is 0.232. The third kappa shape index (κ3) is 4.96. The summed E-state index contributed by atoms with van der Waals surface area (Å²) in [6, 6.07) is 8.07. The molecule has 0 aliphatic rings. The van der Waals surface area contributed by atoms with Crippen molar-refractivity contribution in [1.82, 2.24) is 5.73 Å². The summed E-state index contributed by atoms with van der Waals surface area (Å²) < 4.78 is 0. The van der Waals surface area contributed by atoms with E-state index in [1.54, 1.807) is 0 Å². The first-order chi connectivity index (χ1) is 7.72. The van der Waals surface area contributed by atoms with Gasteiger partial charge in [-0.2, -0.15) is 0 Å². The molecule has 0 aliphatic carbocycles. The van der Waals surface area contributed by atoms with Crippen LogP contribution in [0, 0.1) is 0 Å². The van der Waals surface area contributed by atoms with Crippen LogP contribution in [0.4, 0.5) is 0 Å². The van der Waals surface area contributed by atoms with Crippen LogP contribution in [0.15, 0.2) is 24.3 Å². The fraction of sp³-hybridized carbons (Fsp3) is 0.500. The number of benzene rings is 1. The van der Waals surface area contributed by atoms with Crippen LogP contribution in [-0.4, -0.2) is 5.91 Å². The van der Waals surface area contributed by atoms with Gasteiger partial charge in [0.15, 0.2) is 0 Å². The Balaban J connectivity index is 2.36. The monoisotopic (exact) mass is 218 g/mol. The number of unbranched alkanes of at least 4 members (excludes halogenated alkanes) is 3. The van der Waals surface area contributed by atoms with Crippen LogP contribution < -0.4 is 5.73 Å². The van der Waals surface area contributed by atoms with Gasteiger partial charge in [0.05, 0.1) is 6.42 Å². The van der Waals surface area contributed by atoms with Crippen LogP contribution in [0.25, 0.3) is 0 Å². The van der Waals surface area contributed by atoms with E-state index in [0.29, 0.717) is 0 Å². The highest BCUT2D eigenvalue weighted by Gasteiger charge is 1.99. The third-order valence-electron chi connectivity index (χ3n) is 2.71. The van der Waals surface area contributed by atoms with Crippen LogP contribution >= 0.6 is 0 Å². The van der Waals surface area contributed by atoms with Crippen molar-refractivity contribution in [3.05, 3.63) is 35.4 Å². The Kier molecular flexibility index (Phi) is 5.62. The summed E-state index contributed by atoms with van der Waals surface area (Å²) in [5.41, 5.74) is 9.16. The van der Waals surface area contributed by atoms with E-state index in [1.807, 2.05) is 12.1 Å². The second-order valence-electron chi connectivity index (χ2n) is 4.23. The van der Waals surface area contributed by atoms with E-state index in [-0.39, 0.29) is 6.42 Å². The molecule has 1 aromatic carbocycles. The Labute approximate surface area is 97.9 Å². The summed E-state index contributed by atoms with van der Waals surface area (Å²) in [5.74, 6) is -0.518. The molecule has 0 saturated carbocycles. The molecule has 87 valence electrons. The fourth-order valence-electron chi connectivity index (χ4n) is 1.77. The zero-order chi connectivity index (χ0) is 11.8. The highest BCUT2D eigenvalue weighted by atomic mass is 16.1. The number of hydrogen-bond donors (Lipinski definition) is 0. The standard InChI is InChI=1S/C14H20NO/c1-2-3-4-5-6-12-7-9-13(10-8-12)11-14(15)16/h7-10,15H,2-6,11H2,1H3. The summed E-state index contributed by atoms with van der Waals surface area (Å²) in [4.78, 5) is 10.6. The van der Waals surface area contributed by atoms with Gasteiger partial charge in [0.1, 0.15) is 0 Å². The van der Waals surface area contributed by atoms with E-state index in [9.17, 15) is 4.79 Å². The molecule has 1 aromatic rings. The van der Waals surface area contributed by atoms with Crippen molar-refractivity contribution in [2.45, 2.75) is 45.4 Å². The molecule has 0 fully saturated rings. The zero-order valence-electron chi connectivity index (χ0n) is 9.96. The zero-order valence-corrected chi connectivity index (χ0v) is 9.96. The summed E-state index contributed by atoms with van der Waals surface area (Å²) >= 11 is 0. The van der Waals surface area contributed by atoms with Gasteiger partial charge in [-0.3, -0.25) is 10.5 Å². The van der Waals surface area contributed by atoms with Crippen LogP contribution in [0.2, 0.25) is 0 Å². The number of hydrogen-bond acceptors (Lipinski definition) is 1. The Morgan fingerprint density at radius 1 is 1.06 bits per heavy atom. The number of carbonyl (C=O) groups excluding carboxylic acids is 1. The lowest BCUT2D eigenvalue weighted by molar-refractivity contribution is -0.118. The second kappa shape index (κ2) is 7.04. The maximum atomic E-state index is 10.6. The van der Waals surface area contributed by atoms with Gasteiger partial charge in [-0.15, -0.1) is 0 Å². The van der Waals surface area contributed by atoms with Crippen LogP contribution in [0.3, 0.4) is 0 Å². The molecule has 2 nitrogen and oxygen atoms in total. The molecule has 0 aliphatic heterocycles. The number of nitrogens with one attached hydrogen (secondary N) is 1. The molecule has 1 amide bonds. The van der Waals surface area contributed by atoms with Crippen LogP contribution in [0.1, 0.15) is 43.7 Å². The highest BCUT2D eigenvalue weighted by Crippen LogP contribution is 2.10. The van der Waals surface area contributed by atoms with Crippen molar-refractivity contribution >= 4 is 5.91 Å². The lowest BCUT2D eigenvalue weighted by atomic mass is 10.0. The first-order valence-electron chi connectivity index (χ1n) is 6.04. The maximum Gasteiger partial charge on any atom is 0.242 e. The van der Waals surface area contributed by atoms with E-state index >= 15 is 0 Å². The first kappa shape index (κ1) is 12.8. The van der Waals surface area contributed by atoms with Gasteiger partial charge in [-0.1, -0.05) is 50.5 Å². The molecule has 2 heteroatoms. The van der Waals surface area contributed by atoms with E-state index in [0.717, 1.165) is 12.0 Å². The number of rotatable bonds is 7. The molecule has 16 heavy (non-hydrogen) atoms. The molecule has 1 rings (SSSR count). The van der Waals surface area contributed by atoms with Gasteiger partial charge in [-0.05, 0) is 24.0 Å². The smallest absolute Gasteiger partial charge is 0.242 e. The second-order valence-corrected chi connectivity index (χ2v) is 4.23. The Bertz CT molecular complexity index is 316. The Morgan fingerprint density at radius 2 is 1.69 bits per heavy atom. The normalized spacial score (nSPS) is 10.3. The quantitative estimate of drug-likeness (QED) is 0.648. The molecule has 0 atom stereocenters. The van der Waals surface area contributed by atoms with Gasteiger partial charge >= 0.3 is 0 Å². The van der Waals surface area contributed by atoms with Crippen molar-refractivity contribution in [3.63, 3.8) is 0 Å². The van der Waals surface area contributed by atoms with Crippen LogP contribution in [0.5, 0.6) is 0 Å². The summed E-state index contributed by atoms with van der Waals surface area (Å²) in [5, 5.41) is 0. The van der Waals surface area contributed by atoms with E-state index in [2.05, 4.69) is 19.1 Å². The molecule has 1 N–H and O–H groups in total. The molecule has 1 radical (unpaired) electrons. The highest BCUT2D eigenvalue weighted by molar-refractivity contribution is 5.75. The average molecular weight is 218 g/mol. The van der Waals surface area contributed by atoms with Crippen molar-refractivity contribution in [3.8, 4) is 0 Å². The van der Waals surface area contributed by atoms with Gasteiger partial charge in [0.2, 0.25) is 5.91 Å². The molecule has 0 spiro atoms. The lowest BCUT2D eigenvalue weighted by Gasteiger charge is -2.02.